The maximum absolute atomic E-state index is 11.8. The molecule has 0 aromatic heterocycles. The van der Waals surface area contributed by atoms with Crippen LogP contribution in [0.1, 0.15) is 42.6 Å². The van der Waals surface area contributed by atoms with Gasteiger partial charge in [0.2, 0.25) is 0 Å². The van der Waals surface area contributed by atoms with Crippen LogP contribution in [0.15, 0.2) is 30.4 Å². The number of benzene rings is 1. The molecular weight excluding hydrogens is 200 g/mol. The third kappa shape index (κ3) is 2.51. The predicted octanol–water partition coefficient (Wildman–Crippen LogP) is 3.58. The van der Waals surface area contributed by atoms with Gasteiger partial charge in [-0.25, -0.2) is 0 Å². The Bertz CT molecular complexity index is 417. The average molecular weight is 218 g/mol. The molecule has 0 saturated carbocycles. The molecule has 0 amide bonds. The molecule has 1 rings (SSSR count). The van der Waals surface area contributed by atoms with Crippen molar-refractivity contribution >= 4 is 5.78 Å². The molecule has 0 N–H and O–H groups in total. The number of hydrogen-bond donors (Lipinski definition) is 0. The minimum atomic E-state index is -0.00967. The Morgan fingerprint density at radius 1 is 1.38 bits per heavy atom. The second-order valence-corrected chi connectivity index (χ2v) is 4.22. The molecule has 0 bridgehead atoms. The van der Waals surface area contributed by atoms with Crippen molar-refractivity contribution in [3.63, 3.8) is 0 Å². The van der Waals surface area contributed by atoms with Crippen LogP contribution in [-0.2, 0) is 0 Å². The van der Waals surface area contributed by atoms with E-state index < -0.39 is 0 Å². The number of carbonyl (C=O) groups is 1. The first-order chi connectivity index (χ1) is 7.47. The van der Waals surface area contributed by atoms with E-state index in [1.165, 1.54) is 0 Å². The maximum Gasteiger partial charge on any atom is 0.188 e. The molecule has 0 aliphatic rings. The molecule has 0 heterocycles. The molecule has 0 saturated heterocycles. The zero-order chi connectivity index (χ0) is 12.3. The van der Waals surface area contributed by atoms with E-state index in [4.69, 9.17) is 4.74 Å². The molecule has 1 aromatic rings. The Hall–Kier alpha value is -1.57. The molecule has 16 heavy (non-hydrogen) atoms. The SMILES string of the molecule is C=C(C)C(=O)c1ccc(OC)c(C(C)C)c1. The van der Waals surface area contributed by atoms with Crippen LogP contribution in [0, 0.1) is 0 Å². The first-order valence-electron chi connectivity index (χ1n) is 5.35. The van der Waals surface area contributed by atoms with Crippen molar-refractivity contribution in [3.8, 4) is 5.75 Å². The summed E-state index contributed by atoms with van der Waals surface area (Å²) in [6.07, 6.45) is 0. The average Bonchev–Trinajstić information content (AvgIpc) is 2.26. The number of ether oxygens (including phenoxy) is 1. The Balaban J connectivity index is 3.22. The van der Waals surface area contributed by atoms with E-state index in [-0.39, 0.29) is 5.78 Å². The summed E-state index contributed by atoms with van der Waals surface area (Å²) in [6, 6.07) is 5.51. The van der Waals surface area contributed by atoms with Crippen LogP contribution in [-0.4, -0.2) is 12.9 Å². The van der Waals surface area contributed by atoms with Crippen LogP contribution < -0.4 is 4.74 Å². The van der Waals surface area contributed by atoms with E-state index in [9.17, 15) is 4.79 Å². The molecule has 2 nitrogen and oxygen atoms in total. The van der Waals surface area contributed by atoms with Gasteiger partial charge in [-0.15, -0.1) is 0 Å². The van der Waals surface area contributed by atoms with Crippen LogP contribution in [0.4, 0.5) is 0 Å². The summed E-state index contributed by atoms with van der Waals surface area (Å²) in [5.41, 5.74) is 2.28. The summed E-state index contributed by atoms with van der Waals surface area (Å²) in [7, 11) is 1.64. The summed E-state index contributed by atoms with van der Waals surface area (Å²) in [5, 5.41) is 0. The monoisotopic (exact) mass is 218 g/mol. The lowest BCUT2D eigenvalue weighted by molar-refractivity contribution is 0.103. The number of carbonyl (C=O) groups excluding carboxylic acids is 1. The van der Waals surface area contributed by atoms with E-state index >= 15 is 0 Å². The van der Waals surface area contributed by atoms with Gasteiger partial charge in [-0.3, -0.25) is 4.79 Å². The van der Waals surface area contributed by atoms with Gasteiger partial charge in [-0.1, -0.05) is 20.4 Å². The topological polar surface area (TPSA) is 26.3 Å². The van der Waals surface area contributed by atoms with E-state index in [2.05, 4.69) is 20.4 Å². The van der Waals surface area contributed by atoms with Gasteiger partial charge in [-0.2, -0.15) is 0 Å². The highest BCUT2D eigenvalue weighted by Gasteiger charge is 2.12. The highest BCUT2D eigenvalue weighted by Crippen LogP contribution is 2.27. The summed E-state index contributed by atoms with van der Waals surface area (Å²) in [5.74, 6) is 1.14. The minimum Gasteiger partial charge on any atom is -0.496 e. The molecular formula is C14H18O2. The molecule has 0 aliphatic heterocycles. The number of ketones is 1. The Kier molecular flexibility index (Phi) is 3.88. The Morgan fingerprint density at radius 3 is 2.44 bits per heavy atom. The van der Waals surface area contributed by atoms with Gasteiger partial charge in [-0.05, 0) is 42.2 Å². The van der Waals surface area contributed by atoms with Crippen LogP contribution in [0.2, 0.25) is 0 Å². The molecule has 0 unspecified atom stereocenters. The van der Waals surface area contributed by atoms with Gasteiger partial charge in [0.15, 0.2) is 5.78 Å². The lowest BCUT2D eigenvalue weighted by atomic mass is 9.96. The standard InChI is InChI=1S/C14H18O2/c1-9(2)12-8-11(14(15)10(3)4)6-7-13(12)16-5/h6-9H,3H2,1-2,4-5H3. The van der Waals surface area contributed by atoms with Crippen molar-refractivity contribution < 1.29 is 9.53 Å². The van der Waals surface area contributed by atoms with Crippen molar-refractivity contribution in [1.29, 1.82) is 0 Å². The normalized spacial score (nSPS) is 10.3. The van der Waals surface area contributed by atoms with E-state index in [0.29, 0.717) is 17.1 Å². The number of rotatable bonds is 4. The zero-order valence-corrected chi connectivity index (χ0v) is 10.3. The van der Waals surface area contributed by atoms with E-state index in [0.717, 1.165) is 11.3 Å². The maximum atomic E-state index is 11.8. The van der Waals surface area contributed by atoms with Crippen LogP contribution >= 0.6 is 0 Å². The van der Waals surface area contributed by atoms with E-state index in [1.807, 2.05) is 12.1 Å². The van der Waals surface area contributed by atoms with Crippen molar-refractivity contribution in [1.82, 2.24) is 0 Å². The van der Waals surface area contributed by atoms with Gasteiger partial charge in [0.1, 0.15) is 5.75 Å². The molecule has 86 valence electrons. The molecule has 0 atom stereocenters. The number of hydrogen-bond acceptors (Lipinski definition) is 2. The summed E-state index contributed by atoms with van der Waals surface area (Å²) >= 11 is 0. The lowest BCUT2D eigenvalue weighted by Crippen LogP contribution is -2.02. The van der Waals surface area contributed by atoms with Crippen LogP contribution in [0.5, 0.6) is 5.75 Å². The van der Waals surface area contributed by atoms with E-state index in [1.54, 1.807) is 20.1 Å². The summed E-state index contributed by atoms with van der Waals surface area (Å²) in [6.45, 7) is 9.54. The van der Waals surface area contributed by atoms with Gasteiger partial charge in [0.05, 0.1) is 7.11 Å². The Morgan fingerprint density at radius 2 is 2.00 bits per heavy atom. The van der Waals surface area contributed by atoms with Gasteiger partial charge in [0, 0.05) is 5.56 Å². The molecule has 2 heteroatoms. The first kappa shape index (κ1) is 12.5. The number of methoxy groups -OCH3 is 1. The number of Topliss-reactive ketones (excluding diaryl/α,β-unsaturated/α-hetero) is 1. The minimum absolute atomic E-state index is 0.00967. The van der Waals surface area contributed by atoms with Crippen LogP contribution in [0.25, 0.3) is 0 Å². The predicted molar refractivity (Wildman–Crippen MR) is 66.2 cm³/mol. The summed E-state index contributed by atoms with van der Waals surface area (Å²) in [4.78, 5) is 11.8. The van der Waals surface area contributed by atoms with Crippen molar-refractivity contribution in [2.45, 2.75) is 26.7 Å². The van der Waals surface area contributed by atoms with Crippen molar-refractivity contribution in [3.05, 3.63) is 41.5 Å². The molecule has 1 aromatic carbocycles. The smallest absolute Gasteiger partial charge is 0.188 e. The van der Waals surface area contributed by atoms with Gasteiger partial charge < -0.3 is 4.74 Å². The quantitative estimate of drug-likeness (QED) is 0.570. The second kappa shape index (κ2) is 4.97. The highest BCUT2D eigenvalue weighted by atomic mass is 16.5. The molecule has 0 fully saturated rings. The fourth-order valence-corrected chi connectivity index (χ4v) is 1.57. The van der Waals surface area contributed by atoms with Gasteiger partial charge >= 0.3 is 0 Å². The Labute approximate surface area is 96.9 Å². The number of allylic oxidation sites excluding steroid dienone is 1. The lowest BCUT2D eigenvalue weighted by Gasteiger charge is -2.13. The fourth-order valence-electron chi connectivity index (χ4n) is 1.57. The fraction of sp³-hybridized carbons (Fsp3) is 0.357. The van der Waals surface area contributed by atoms with Crippen molar-refractivity contribution in [2.75, 3.05) is 7.11 Å². The largest absolute Gasteiger partial charge is 0.496 e. The third-order valence-electron chi connectivity index (χ3n) is 2.50. The summed E-state index contributed by atoms with van der Waals surface area (Å²) < 4.78 is 5.27. The van der Waals surface area contributed by atoms with Crippen LogP contribution in [0.3, 0.4) is 0 Å². The second-order valence-electron chi connectivity index (χ2n) is 4.22. The third-order valence-corrected chi connectivity index (χ3v) is 2.50. The molecule has 0 spiro atoms. The molecule has 0 aliphatic carbocycles. The van der Waals surface area contributed by atoms with Gasteiger partial charge in [0.25, 0.3) is 0 Å². The first-order valence-corrected chi connectivity index (χ1v) is 5.35. The van der Waals surface area contributed by atoms with Crippen molar-refractivity contribution in [2.24, 2.45) is 0 Å². The highest BCUT2D eigenvalue weighted by molar-refractivity contribution is 6.08. The molecule has 0 radical (unpaired) electrons. The zero-order valence-electron chi connectivity index (χ0n) is 10.3.